The highest BCUT2D eigenvalue weighted by molar-refractivity contribution is 5.80. The highest BCUT2D eigenvalue weighted by Crippen LogP contribution is 2.20. The largest absolute Gasteiger partial charge is 0.508 e. The van der Waals surface area contributed by atoms with Gasteiger partial charge in [0.05, 0.1) is 11.0 Å². The third-order valence-electron chi connectivity index (χ3n) is 3.26. The van der Waals surface area contributed by atoms with Crippen molar-refractivity contribution in [2.75, 3.05) is 0 Å². The quantitative estimate of drug-likeness (QED) is 0.471. The zero-order valence-corrected chi connectivity index (χ0v) is 14.0. The number of aromatic nitrogens is 2. The molecule has 0 saturated heterocycles. The molecule has 2 aromatic heterocycles. The van der Waals surface area contributed by atoms with Crippen LogP contribution in [0.2, 0.25) is 0 Å². The first-order valence-corrected chi connectivity index (χ1v) is 7.90. The van der Waals surface area contributed by atoms with E-state index in [4.69, 9.17) is 10.2 Å². The minimum atomic E-state index is -0.365. The Hall–Kier alpha value is -3.21. The molecule has 0 unspecified atom stereocenters. The van der Waals surface area contributed by atoms with E-state index in [1.54, 1.807) is 30.5 Å². The second-order valence-electron chi connectivity index (χ2n) is 4.87. The number of benzene rings is 2. The molecule has 2 N–H and O–H groups in total. The lowest BCUT2D eigenvalue weighted by atomic mass is 10.2. The number of nitrogens with zero attached hydrogens (tertiary/aromatic N) is 2. The van der Waals surface area contributed by atoms with E-state index in [1.165, 1.54) is 24.4 Å². The number of rotatable bonds is 0. The molecule has 128 valence electrons. The summed E-state index contributed by atoms with van der Waals surface area (Å²) in [4.78, 5) is 8.04. The Kier molecular flexibility index (Phi) is 6.23. The van der Waals surface area contributed by atoms with Gasteiger partial charge in [0.2, 0.25) is 0 Å². The fraction of sp³-hybridized carbons (Fsp3) is 0.100. The van der Waals surface area contributed by atoms with E-state index in [2.05, 4.69) is 9.97 Å². The molecule has 2 heterocycles. The molecule has 0 amide bonds. The standard InChI is InChI=1S/C9H6FNO.C9H7NO.C2H6/c10-8-3-4-11-9-2-1-6(12)5-7(8)9;11-8-3-4-9-7(6-8)2-1-5-10-9;1-2/h1-5,12H;1-6,11H;1-2H3. The van der Waals surface area contributed by atoms with E-state index in [1.807, 2.05) is 26.0 Å². The summed E-state index contributed by atoms with van der Waals surface area (Å²) in [6.07, 6.45) is 3.13. The van der Waals surface area contributed by atoms with Gasteiger partial charge < -0.3 is 10.2 Å². The first-order chi connectivity index (χ1) is 12.1. The molecule has 25 heavy (non-hydrogen) atoms. The van der Waals surface area contributed by atoms with Gasteiger partial charge in [0.15, 0.2) is 0 Å². The van der Waals surface area contributed by atoms with Crippen molar-refractivity contribution in [2.45, 2.75) is 13.8 Å². The normalized spacial score (nSPS) is 9.72. The summed E-state index contributed by atoms with van der Waals surface area (Å²) in [6.45, 7) is 4.00. The molecule has 0 aliphatic heterocycles. The fourth-order valence-electron chi connectivity index (χ4n) is 2.16. The van der Waals surface area contributed by atoms with E-state index in [9.17, 15) is 4.39 Å². The molecule has 4 rings (SSSR count). The zero-order chi connectivity index (χ0) is 18.2. The van der Waals surface area contributed by atoms with E-state index >= 15 is 0 Å². The zero-order valence-electron chi connectivity index (χ0n) is 14.0. The molecule has 0 spiro atoms. The summed E-state index contributed by atoms with van der Waals surface area (Å²) in [5.41, 5.74) is 1.46. The molecule has 0 saturated carbocycles. The van der Waals surface area contributed by atoms with Gasteiger partial charge in [0, 0.05) is 23.2 Å². The van der Waals surface area contributed by atoms with Gasteiger partial charge in [-0.2, -0.15) is 0 Å². The summed E-state index contributed by atoms with van der Waals surface area (Å²) in [5.74, 6) is -0.0317. The van der Waals surface area contributed by atoms with Crippen LogP contribution in [0.25, 0.3) is 21.8 Å². The van der Waals surface area contributed by atoms with E-state index < -0.39 is 0 Å². The van der Waals surface area contributed by atoms with Crippen molar-refractivity contribution in [3.63, 3.8) is 0 Å². The van der Waals surface area contributed by atoms with Crippen molar-refractivity contribution in [2.24, 2.45) is 0 Å². The summed E-state index contributed by atoms with van der Waals surface area (Å²) in [7, 11) is 0. The minimum absolute atomic E-state index is 0.0504. The molecule has 0 radical (unpaired) electrons. The third-order valence-corrected chi connectivity index (χ3v) is 3.26. The summed E-state index contributed by atoms with van der Waals surface area (Å²) >= 11 is 0. The van der Waals surface area contributed by atoms with Crippen LogP contribution in [0.5, 0.6) is 11.5 Å². The van der Waals surface area contributed by atoms with E-state index in [0.29, 0.717) is 10.9 Å². The van der Waals surface area contributed by atoms with Crippen LogP contribution >= 0.6 is 0 Å². The lowest BCUT2D eigenvalue weighted by Crippen LogP contribution is -1.81. The molecule has 5 heteroatoms. The Morgan fingerprint density at radius 1 is 0.760 bits per heavy atom. The smallest absolute Gasteiger partial charge is 0.134 e. The number of halogens is 1. The van der Waals surface area contributed by atoms with Crippen LogP contribution in [-0.2, 0) is 0 Å². The van der Waals surface area contributed by atoms with Crippen LogP contribution in [0, 0.1) is 5.82 Å². The molecule has 0 aliphatic carbocycles. The van der Waals surface area contributed by atoms with E-state index in [0.717, 1.165) is 10.9 Å². The van der Waals surface area contributed by atoms with E-state index in [-0.39, 0.29) is 17.3 Å². The Bertz CT molecular complexity index is 974. The van der Waals surface area contributed by atoms with Gasteiger partial charge in [-0.05, 0) is 48.5 Å². The second kappa shape index (κ2) is 8.59. The first kappa shape index (κ1) is 18.1. The average Bonchev–Trinajstić information content (AvgIpc) is 2.65. The predicted molar refractivity (Wildman–Crippen MR) is 98.1 cm³/mol. The summed E-state index contributed by atoms with van der Waals surface area (Å²) < 4.78 is 13.0. The maximum Gasteiger partial charge on any atom is 0.134 e. The first-order valence-electron chi connectivity index (χ1n) is 7.90. The maximum absolute atomic E-state index is 13.0. The number of aromatic hydroxyl groups is 2. The van der Waals surface area contributed by atoms with Crippen molar-refractivity contribution >= 4 is 21.8 Å². The SMILES string of the molecule is CC.Oc1ccc2nccc(F)c2c1.Oc1ccc2ncccc2c1. The molecule has 4 aromatic rings. The molecule has 0 bridgehead atoms. The van der Waals surface area contributed by atoms with Gasteiger partial charge >= 0.3 is 0 Å². The summed E-state index contributed by atoms with van der Waals surface area (Å²) in [5, 5.41) is 19.5. The van der Waals surface area contributed by atoms with Gasteiger partial charge in [0.25, 0.3) is 0 Å². The average molecular weight is 338 g/mol. The number of phenolic OH excluding ortho intramolecular Hbond substituents is 2. The second-order valence-corrected chi connectivity index (χ2v) is 4.87. The topological polar surface area (TPSA) is 66.2 Å². The number of pyridine rings is 2. The molecule has 0 fully saturated rings. The van der Waals surface area contributed by atoms with Crippen LogP contribution in [-0.4, -0.2) is 20.2 Å². The van der Waals surface area contributed by atoms with Crippen molar-refractivity contribution in [1.82, 2.24) is 9.97 Å². The van der Waals surface area contributed by atoms with Crippen molar-refractivity contribution in [3.8, 4) is 11.5 Å². The Labute approximate surface area is 145 Å². The van der Waals surface area contributed by atoms with Crippen LogP contribution in [0.4, 0.5) is 4.39 Å². The molecule has 0 atom stereocenters. The van der Waals surface area contributed by atoms with Gasteiger partial charge in [-0.3, -0.25) is 9.97 Å². The number of hydrogen-bond acceptors (Lipinski definition) is 4. The van der Waals surface area contributed by atoms with Crippen LogP contribution in [0.3, 0.4) is 0 Å². The number of phenols is 2. The van der Waals surface area contributed by atoms with Crippen LogP contribution in [0.1, 0.15) is 13.8 Å². The molecular weight excluding hydrogens is 319 g/mol. The number of hydrogen-bond donors (Lipinski definition) is 2. The third kappa shape index (κ3) is 4.64. The van der Waals surface area contributed by atoms with Gasteiger partial charge in [-0.25, -0.2) is 4.39 Å². The molecule has 4 nitrogen and oxygen atoms in total. The fourth-order valence-corrected chi connectivity index (χ4v) is 2.16. The highest BCUT2D eigenvalue weighted by Gasteiger charge is 2.00. The molecule has 2 aromatic carbocycles. The lowest BCUT2D eigenvalue weighted by molar-refractivity contribution is 0.475. The Balaban J connectivity index is 0.000000165. The van der Waals surface area contributed by atoms with Gasteiger partial charge in [-0.1, -0.05) is 19.9 Å². The predicted octanol–water partition coefficient (Wildman–Crippen LogP) is 5.05. The lowest BCUT2D eigenvalue weighted by Gasteiger charge is -1.97. The monoisotopic (exact) mass is 338 g/mol. The van der Waals surface area contributed by atoms with Crippen molar-refractivity contribution in [3.05, 3.63) is 72.8 Å². The van der Waals surface area contributed by atoms with Crippen LogP contribution in [0.15, 0.2) is 67.0 Å². The minimum Gasteiger partial charge on any atom is -0.508 e. The number of fused-ring (bicyclic) bond motifs is 2. The Morgan fingerprint density at radius 3 is 2.16 bits per heavy atom. The van der Waals surface area contributed by atoms with Crippen molar-refractivity contribution in [1.29, 1.82) is 0 Å². The van der Waals surface area contributed by atoms with Crippen molar-refractivity contribution < 1.29 is 14.6 Å². The summed E-state index contributed by atoms with van der Waals surface area (Å²) in [6, 6.07) is 14.6. The van der Waals surface area contributed by atoms with Crippen LogP contribution < -0.4 is 0 Å². The molecular formula is C20H19FN2O2. The Morgan fingerprint density at radius 2 is 1.40 bits per heavy atom. The maximum atomic E-state index is 13.0. The molecule has 0 aliphatic rings. The van der Waals surface area contributed by atoms with Gasteiger partial charge in [-0.15, -0.1) is 0 Å². The van der Waals surface area contributed by atoms with Gasteiger partial charge in [0.1, 0.15) is 17.3 Å². The highest BCUT2D eigenvalue weighted by atomic mass is 19.1.